The largest absolute Gasteiger partial charge is 0.347 e. The standard InChI is InChI=1S/C22H22N6O4S3/c1-35(31,32)27-10-2-4-14-6-7-15(12-17(14)27)24-21(30)20(29)23-9-8-16-13-34-22-25-19(26-28(16)22)18-5-3-11-33-18/h3,5-7,11-13H,2,4,8-10H2,1H3,(H,23,29)(H,24,30). The zero-order chi connectivity index (χ0) is 24.6. The number of anilines is 2. The van der Waals surface area contributed by atoms with Crippen LogP contribution in [-0.2, 0) is 32.5 Å². The van der Waals surface area contributed by atoms with Gasteiger partial charge in [0.15, 0.2) is 5.82 Å². The Morgan fingerprint density at radius 2 is 2.03 bits per heavy atom. The summed E-state index contributed by atoms with van der Waals surface area (Å²) in [6.45, 7) is 0.637. The van der Waals surface area contributed by atoms with Crippen LogP contribution in [0.3, 0.4) is 0 Å². The van der Waals surface area contributed by atoms with Crippen LogP contribution in [0.15, 0.2) is 41.1 Å². The van der Waals surface area contributed by atoms with Crippen molar-refractivity contribution in [3.05, 3.63) is 52.3 Å². The first-order valence-electron chi connectivity index (χ1n) is 10.9. The number of sulfonamides is 1. The SMILES string of the molecule is CS(=O)(=O)N1CCCc2ccc(NC(=O)C(=O)NCCc3csc4nc(-c5cccs5)nn34)cc21. The van der Waals surface area contributed by atoms with Crippen molar-refractivity contribution in [3.63, 3.8) is 0 Å². The molecule has 0 saturated heterocycles. The third kappa shape index (κ3) is 4.92. The van der Waals surface area contributed by atoms with Crippen LogP contribution in [0.25, 0.3) is 15.7 Å². The number of aryl methyl sites for hydroxylation is 1. The Labute approximate surface area is 209 Å². The lowest BCUT2D eigenvalue weighted by atomic mass is 10.0. The topological polar surface area (TPSA) is 126 Å². The maximum absolute atomic E-state index is 12.4. The molecule has 0 aliphatic carbocycles. The van der Waals surface area contributed by atoms with Gasteiger partial charge in [-0.2, -0.15) is 4.98 Å². The molecule has 2 N–H and O–H groups in total. The predicted molar refractivity (Wildman–Crippen MR) is 136 cm³/mol. The van der Waals surface area contributed by atoms with Gasteiger partial charge in [0.05, 0.1) is 22.5 Å². The smallest absolute Gasteiger partial charge is 0.313 e. The number of hydrogen-bond donors (Lipinski definition) is 2. The highest BCUT2D eigenvalue weighted by Crippen LogP contribution is 2.31. The van der Waals surface area contributed by atoms with Gasteiger partial charge in [0.25, 0.3) is 0 Å². The fourth-order valence-electron chi connectivity index (χ4n) is 3.94. The summed E-state index contributed by atoms with van der Waals surface area (Å²) >= 11 is 3.03. The predicted octanol–water partition coefficient (Wildman–Crippen LogP) is 2.53. The van der Waals surface area contributed by atoms with Crippen LogP contribution in [-0.4, -0.2) is 54.2 Å². The number of hydrogen-bond acceptors (Lipinski definition) is 8. The van der Waals surface area contributed by atoms with E-state index in [4.69, 9.17) is 0 Å². The number of thiophene rings is 1. The fourth-order valence-corrected chi connectivity index (χ4v) is 6.44. The highest BCUT2D eigenvalue weighted by molar-refractivity contribution is 7.92. The summed E-state index contributed by atoms with van der Waals surface area (Å²) in [7, 11) is -3.43. The maximum atomic E-state index is 12.4. The summed E-state index contributed by atoms with van der Waals surface area (Å²) in [5, 5.41) is 13.6. The van der Waals surface area contributed by atoms with Crippen LogP contribution in [0, 0.1) is 0 Å². The number of benzene rings is 1. The quantitative estimate of drug-likeness (QED) is 0.369. The number of fused-ring (bicyclic) bond motifs is 2. The van der Waals surface area contributed by atoms with Gasteiger partial charge in [-0.15, -0.1) is 27.8 Å². The number of aromatic nitrogens is 3. The molecule has 0 bridgehead atoms. The van der Waals surface area contributed by atoms with Crippen molar-refractivity contribution in [2.75, 3.05) is 29.0 Å². The van der Waals surface area contributed by atoms with E-state index in [-0.39, 0.29) is 6.54 Å². The Morgan fingerprint density at radius 1 is 1.17 bits per heavy atom. The van der Waals surface area contributed by atoms with Gasteiger partial charge in [-0.3, -0.25) is 13.9 Å². The number of thiazole rings is 1. The first-order valence-corrected chi connectivity index (χ1v) is 14.5. The van der Waals surface area contributed by atoms with Crippen molar-refractivity contribution in [2.24, 2.45) is 0 Å². The third-order valence-corrected chi connectivity index (χ3v) is 8.49. The molecular weight excluding hydrogens is 508 g/mol. The molecule has 10 nitrogen and oxygen atoms in total. The molecule has 1 aliphatic heterocycles. The molecular formula is C22H22N6O4S3. The van der Waals surface area contributed by atoms with Crippen LogP contribution in [0.2, 0.25) is 0 Å². The minimum Gasteiger partial charge on any atom is -0.347 e. The molecule has 0 saturated carbocycles. The molecule has 182 valence electrons. The third-order valence-electron chi connectivity index (χ3n) is 5.58. The average Bonchev–Trinajstić information content (AvgIpc) is 3.56. The van der Waals surface area contributed by atoms with Gasteiger partial charge in [0.1, 0.15) is 0 Å². The van der Waals surface area contributed by atoms with Crippen LogP contribution >= 0.6 is 22.7 Å². The number of nitrogens with zero attached hydrogens (tertiary/aromatic N) is 4. The summed E-state index contributed by atoms with van der Waals surface area (Å²) < 4.78 is 27.3. The summed E-state index contributed by atoms with van der Waals surface area (Å²) in [6.07, 6.45) is 3.12. The molecule has 5 rings (SSSR count). The van der Waals surface area contributed by atoms with E-state index in [0.29, 0.717) is 30.2 Å². The van der Waals surface area contributed by atoms with E-state index in [2.05, 4.69) is 20.7 Å². The van der Waals surface area contributed by atoms with E-state index in [1.165, 1.54) is 15.6 Å². The van der Waals surface area contributed by atoms with Crippen molar-refractivity contribution in [2.45, 2.75) is 19.3 Å². The van der Waals surface area contributed by atoms with Crippen LogP contribution in [0.4, 0.5) is 11.4 Å². The highest BCUT2D eigenvalue weighted by atomic mass is 32.2. The summed E-state index contributed by atoms with van der Waals surface area (Å²) in [5.74, 6) is -0.925. The number of amides is 2. The number of nitrogens with one attached hydrogen (secondary N) is 2. The zero-order valence-electron chi connectivity index (χ0n) is 18.7. The van der Waals surface area contributed by atoms with Gasteiger partial charge in [0, 0.05) is 30.6 Å². The average molecular weight is 531 g/mol. The van der Waals surface area contributed by atoms with Crippen molar-refractivity contribution in [1.29, 1.82) is 0 Å². The Bertz CT molecular complexity index is 1510. The Hall–Kier alpha value is -3.29. The number of rotatable bonds is 6. The molecule has 0 fully saturated rings. The van der Waals surface area contributed by atoms with E-state index in [1.54, 1.807) is 34.1 Å². The molecule has 0 spiro atoms. The fraction of sp³-hybridized carbons (Fsp3) is 0.273. The molecule has 1 aromatic carbocycles. The molecule has 4 heterocycles. The van der Waals surface area contributed by atoms with E-state index in [9.17, 15) is 18.0 Å². The first-order chi connectivity index (χ1) is 16.8. The minimum absolute atomic E-state index is 0.248. The van der Waals surface area contributed by atoms with Gasteiger partial charge in [-0.05, 0) is 42.0 Å². The van der Waals surface area contributed by atoms with Gasteiger partial charge in [0.2, 0.25) is 15.0 Å². The molecule has 4 aromatic rings. The molecule has 0 atom stereocenters. The van der Waals surface area contributed by atoms with Crippen molar-refractivity contribution >= 4 is 60.8 Å². The molecule has 3 aromatic heterocycles. The van der Waals surface area contributed by atoms with E-state index in [0.717, 1.165) is 40.2 Å². The van der Waals surface area contributed by atoms with Gasteiger partial charge >= 0.3 is 11.8 Å². The number of carbonyl (C=O) groups is 2. The maximum Gasteiger partial charge on any atom is 0.313 e. The van der Waals surface area contributed by atoms with Crippen molar-refractivity contribution in [1.82, 2.24) is 19.9 Å². The molecule has 35 heavy (non-hydrogen) atoms. The summed E-state index contributed by atoms with van der Waals surface area (Å²) in [5.41, 5.74) is 2.68. The van der Waals surface area contributed by atoms with Gasteiger partial charge in [-0.25, -0.2) is 12.9 Å². The summed E-state index contributed by atoms with van der Waals surface area (Å²) in [4.78, 5) is 31.1. The molecule has 0 unspecified atom stereocenters. The minimum atomic E-state index is -3.43. The van der Waals surface area contributed by atoms with E-state index in [1.807, 2.05) is 22.9 Å². The molecule has 13 heteroatoms. The molecule has 0 radical (unpaired) electrons. The lowest BCUT2D eigenvalue weighted by Gasteiger charge is -2.29. The van der Waals surface area contributed by atoms with Crippen molar-refractivity contribution in [3.8, 4) is 10.7 Å². The lowest BCUT2D eigenvalue weighted by Crippen LogP contribution is -2.37. The normalized spacial score (nSPS) is 13.6. The highest BCUT2D eigenvalue weighted by Gasteiger charge is 2.25. The van der Waals surface area contributed by atoms with Crippen LogP contribution in [0.1, 0.15) is 17.7 Å². The lowest BCUT2D eigenvalue weighted by molar-refractivity contribution is -0.136. The van der Waals surface area contributed by atoms with Crippen LogP contribution < -0.4 is 14.9 Å². The number of carbonyl (C=O) groups excluding carboxylic acids is 2. The second-order valence-corrected chi connectivity index (χ2v) is 11.8. The van der Waals surface area contributed by atoms with E-state index >= 15 is 0 Å². The second-order valence-electron chi connectivity index (χ2n) is 8.08. The summed E-state index contributed by atoms with van der Waals surface area (Å²) in [6, 6.07) is 8.96. The second kappa shape index (κ2) is 9.40. The Balaban J connectivity index is 1.20. The van der Waals surface area contributed by atoms with Crippen LogP contribution in [0.5, 0.6) is 0 Å². The van der Waals surface area contributed by atoms with Gasteiger partial charge < -0.3 is 10.6 Å². The van der Waals surface area contributed by atoms with Crippen molar-refractivity contribution < 1.29 is 18.0 Å². The molecule has 2 amide bonds. The molecule has 1 aliphatic rings. The monoisotopic (exact) mass is 530 g/mol. The Morgan fingerprint density at radius 3 is 2.80 bits per heavy atom. The Kier molecular flexibility index (Phi) is 6.30. The zero-order valence-corrected chi connectivity index (χ0v) is 21.2. The first kappa shape index (κ1) is 23.5. The van der Waals surface area contributed by atoms with Gasteiger partial charge in [-0.1, -0.05) is 12.1 Å². The van der Waals surface area contributed by atoms with E-state index < -0.39 is 21.8 Å².